The molecule has 1 atom stereocenters. The molecular formula is C11H16N4S. The van der Waals surface area contributed by atoms with Crippen molar-refractivity contribution >= 4 is 11.3 Å². The van der Waals surface area contributed by atoms with Crippen LogP contribution in [-0.4, -0.2) is 14.8 Å². The number of hydrogen-bond donors (Lipinski definition) is 1. The predicted octanol–water partition coefficient (Wildman–Crippen LogP) is 1.99. The Bertz CT molecular complexity index is 421. The molecule has 0 aliphatic carbocycles. The lowest BCUT2D eigenvalue weighted by atomic mass is 10.1. The molecule has 0 amide bonds. The Kier molecular flexibility index (Phi) is 3.69. The molecule has 0 radical (unpaired) electrons. The Morgan fingerprint density at radius 3 is 3.12 bits per heavy atom. The van der Waals surface area contributed by atoms with Crippen molar-refractivity contribution in [3.8, 4) is 0 Å². The Labute approximate surface area is 99.1 Å². The third-order valence-corrected chi connectivity index (χ3v) is 3.21. The number of thiophene rings is 1. The smallest absolute Gasteiger partial charge is 0.138 e. The van der Waals surface area contributed by atoms with Gasteiger partial charge in [0.05, 0.1) is 0 Å². The number of nitrogens with two attached hydrogens (primary N) is 1. The summed E-state index contributed by atoms with van der Waals surface area (Å²) in [6, 6.07) is 2.08. The van der Waals surface area contributed by atoms with Crippen LogP contribution in [0.15, 0.2) is 23.2 Å². The highest BCUT2D eigenvalue weighted by molar-refractivity contribution is 7.07. The molecule has 16 heavy (non-hydrogen) atoms. The lowest BCUT2D eigenvalue weighted by Crippen LogP contribution is -2.16. The van der Waals surface area contributed by atoms with E-state index in [-0.39, 0.29) is 6.04 Å². The van der Waals surface area contributed by atoms with E-state index in [2.05, 4.69) is 28.5 Å². The molecule has 0 spiro atoms. The summed E-state index contributed by atoms with van der Waals surface area (Å²) in [4.78, 5) is 4.26. The van der Waals surface area contributed by atoms with E-state index in [9.17, 15) is 0 Å². The number of aromatic nitrogens is 3. The minimum atomic E-state index is 0.0195. The van der Waals surface area contributed by atoms with E-state index in [4.69, 9.17) is 5.73 Å². The average Bonchev–Trinajstić information content (AvgIpc) is 2.90. The van der Waals surface area contributed by atoms with Crippen LogP contribution in [0.2, 0.25) is 0 Å². The van der Waals surface area contributed by atoms with Gasteiger partial charge in [0.15, 0.2) is 0 Å². The van der Waals surface area contributed by atoms with Crippen LogP contribution in [0.5, 0.6) is 0 Å². The van der Waals surface area contributed by atoms with Gasteiger partial charge in [0, 0.05) is 19.0 Å². The number of nitrogens with zero attached hydrogens (tertiary/aromatic N) is 3. The van der Waals surface area contributed by atoms with Crippen LogP contribution in [0.1, 0.15) is 30.8 Å². The van der Waals surface area contributed by atoms with E-state index >= 15 is 0 Å². The predicted molar refractivity (Wildman–Crippen MR) is 65.3 cm³/mol. The van der Waals surface area contributed by atoms with Crippen molar-refractivity contribution in [1.29, 1.82) is 0 Å². The van der Waals surface area contributed by atoms with Crippen LogP contribution in [-0.2, 0) is 13.0 Å². The average molecular weight is 236 g/mol. The molecule has 1 unspecified atom stereocenters. The Balaban J connectivity index is 2.06. The molecule has 2 aromatic rings. The molecule has 2 heterocycles. The zero-order chi connectivity index (χ0) is 11.4. The first-order valence-electron chi connectivity index (χ1n) is 5.45. The summed E-state index contributed by atoms with van der Waals surface area (Å²) in [6.07, 6.45) is 3.41. The van der Waals surface area contributed by atoms with Gasteiger partial charge in [-0.1, -0.05) is 6.92 Å². The minimum absolute atomic E-state index is 0.0195. The van der Waals surface area contributed by atoms with E-state index < -0.39 is 0 Å². The van der Waals surface area contributed by atoms with Crippen molar-refractivity contribution in [3.63, 3.8) is 0 Å². The quantitative estimate of drug-likeness (QED) is 0.863. The summed E-state index contributed by atoms with van der Waals surface area (Å²) in [5.74, 6) is 0.973. The topological polar surface area (TPSA) is 56.7 Å². The Hall–Kier alpha value is -1.20. The molecule has 0 aromatic carbocycles. The molecule has 0 saturated heterocycles. The van der Waals surface area contributed by atoms with Crippen LogP contribution in [0.3, 0.4) is 0 Å². The third-order valence-electron chi connectivity index (χ3n) is 2.50. The molecule has 2 rings (SSSR count). The molecule has 0 aliphatic rings. The molecule has 4 nitrogen and oxygen atoms in total. The standard InChI is InChI=1S/C11H16N4S/c1-2-4-15-11(13-8-14-15)6-10(12)9-3-5-16-7-9/h3,5,7-8,10H,2,4,6,12H2,1H3. The first-order chi connectivity index (χ1) is 7.81. The van der Waals surface area contributed by atoms with Gasteiger partial charge in [0.2, 0.25) is 0 Å². The fourth-order valence-corrected chi connectivity index (χ4v) is 2.37. The van der Waals surface area contributed by atoms with Crippen LogP contribution in [0.25, 0.3) is 0 Å². The van der Waals surface area contributed by atoms with Gasteiger partial charge in [-0.25, -0.2) is 4.98 Å². The maximum absolute atomic E-state index is 6.12. The van der Waals surface area contributed by atoms with Gasteiger partial charge in [0.25, 0.3) is 0 Å². The summed E-state index contributed by atoms with van der Waals surface area (Å²) in [5, 5.41) is 8.33. The highest BCUT2D eigenvalue weighted by atomic mass is 32.1. The largest absolute Gasteiger partial charge is 0.324 e. The lowest BCUT2D eigenvalue weighted by molar-refractivity contribution is 0.548. The number of hydrogen-bond acceptors (Lipinski definition) is 4. The first kappa shape index (κ1) is 11.3. The third kappa shape index (κ3) is 2.48. The fraction of sp³-hybridized carbons (Fsp3) is 0.455. The second kappa shape index (κ2) is 5.23. The molecular weight excluding hydrogens is 220 g/mol. The van der Waals surface area contributed by atoms with Gasteiger partial charge in [-0.15, -0.1) is 0 Å². The highest BCUT2D eigenvalue weighted by Crippen LogP contribution is 2.17. The summed E-state index contributed by atoms with van der Waals surface area (Å²) >= 11 is 1.67. The van der Waals surface area contributed by atoms with Crippen molar-refractivity contribution in [2.45, 2.75) is 32.4 Å². The van der Waals surface area contributed by atoms with Crippen LogP contribution >= 0.6 is 11.3 Å². The molecule has 2 aromatic heterocycles. The summed E-state index contributed by atoms with van der Waals surface area (Å²) in [6.45, 7) is 3.04. The van der Waals surface area contributed by atoms with Crippen molar-refractivity contribution in [3.05, 3.63) is 34.5 Å². The van der Waals surface area contributed by atoms with E-state index in [1.165, 1.54) is 5.56 Å². The van der Waals surface area contributed by atoms with Gasteiger partial charge in [-0.3, -0.25) is 4.68 Å². The molecule has 0 bridgehead atoms. The monoisotopic (exact) mass is 236 g/mol. The van der Waals surface area contributed by atoms with E-state index in [1.807, 2.05) is 10.1 Å². The summed E-state index contributed by atoms with van der Waals surface area (Å²) in [5.41, 5.74) is 7.30. The summed E-state index contributed by atoms with van der Waals surface area (Å²) in [7, 11) is 0. The molecule has 0 aliphatic heterocycles. The first-order valence-corrected chi connectivity index (χ1v) is 6.40. The van der Waals surface area contributed by atoms with Crippen molar-refractivity contribution in [2.24, 2.45) is 5.73 Å². The molecule has 5 heteroatoms. The van der Waals surface area contributed by atoms with E-state index in [1.54, 1.807) is 17.7 Å². The van der Waals surface area contributed by atoms with Crippen molar-refractivity contribution < 1.29 is 0 Å². The van der Waals surface area contributed by atoms with Gasteiger partial charge >= 0.3 is 0 Å². The zero-order valence-electron chi connectivity index (χ0n) is 9.34. The van der Waals surface area contributed by atoms with Gasteiger partial charge in [0.1, 0.15) is 12.2 Å². The molecule has 86 valence electrons. The number of aryl methyl sites for hydroxylation is 1. The highest BCUT2D eigenvalue weighted by Gasteiger charge is 2.11. The Morgan fingerprint density at radius 1 is 1.56 bits per heavy atom. The Morgan fingerprint density at radius 2 is 2.44 bits per heavy atom. The van der Waals surface area contributed by atoms with Gasteiger partial charge in [-0.05, 0) is 28.8 Å². The SMILES string of the molecule is CCCn1ncnc1CC(N)c1ccsc1. The molecule has 2 N–H and O–H groups in total. The van der Waals surface area contributed by atoms with E-state index in [0.29, 0.717) is 0 Å². The molecule has 0 saturated carbocycles. The van der Waals surface area contributed by atoms with Gasteiger partial charge in [-0.2, -0.15) is 16.4 Å². The van der Waals surface area contributed by atoms with Crippen LogP contribution in [0.4, 0.5) is 0 Å². The van der Waals surface area contributed by atoms with Crippen LogP contribution in [0, 0.1) is 0 Å². The second-order valence-corrected chi connectivity index (χ2v) is 4.55. The van der Waals surface area contributed by atoms with Crippen molar-refractivity contribution in [1.82, 2.24) is 14.8 Å². The fourth-order valence-electron chi connectivity index (χ4n) is 1.65. The number of rotatable bonds is 5. The van der Waals surface area contributed by atoms with E-state index in [0.717, 1.165) is 25.2 Å². The maximum Gasteiger partial charge on any atom is 0.138 e. The molecule has 0 fully saturated rings. The van der Waals surface area contributed by atoms with Crippen LogP contribution < -0.4 is 5.73 Å². The summed E-state index contributed by atoms with van der Waals surface area (Å²) < 4.78 is 1.94. The second-order valence-electron chi connectivity index (χ2n) is 3.77. The normalized spacial score (nSPS) is 12.9. The minimum Gasteiger partial charge on any atom is -0.324 e. The van der Waals surface area contributed by atoms with Gasteiger partial charge < -0.3 is 5.73 Å². The lowest BCUT2D eigenvalue weighted by Gasteiger charge is -2.10. The zero-order valence-corrected chi connectivity index (χ0v) is 10.2. The maximum atomic E-state index is 6.12. The van der Waals surface area contributed by atoms with Crippen molar-refractivity contribution in [2.75, 3.05) is 0 Å².